The fourth-order valence-corrected chi connectivity index (χ4v) is 3.77. The molecule has 0 bridgehead atoms. The minimum atomic E-state index is -0.102. The van der Waals surface area contributed by atoms with E-state index in [9.17, 15) is 4.79 Å². The Morgan fingerprint density at radius 2 is 2.27 bits per heavy atom. The Hall–Kier alpha value is -2.33. The van der Waals surface area contributed by atoms with E-state index >= 15 is 0 Å². The van der Waals surface area contributed by atoms with Gasteiger partial charge in [0.15, 0.2) is 0 Å². The van der Waals surface area contributed by atoms with Crippen LogP contribution in [0.3, 0.4) is 0 Å². The highest BCUT2D eigenvalue weighted by Crippen LogP contribution is 2.38. The van der Waals surface area contributed by atoms with Crippen molar-refractivity contribution >= 4 is 18.1 Å². The number of rotatable bonds is 7. The molecule has 140 valence electrons. The van der Waals surface area contributed by atoms with E-state index in [1.54, 1.807) is 11.9 Å². The van der Waals surface area contributed by atoms with E-state index in [-0.39, 0.29) is 12.3 Å². The molecular formula is C19H28N6O. The topological polar surface area (TPSA) is 78.5 Å². The lowest BCUT2D eigenvalue weighted by atomic mass is 9.98. The van der Waals surface area contributed by atoms with Crippen molar-refractivity contribution in [1.29, 1.82) is 5.26 Å². The van der Waals surface area contributed by atoms with Crippen molar-refractivity contribution in [2.75, 3.05) is 20.6 Å². The molecule has 0 saturated carbocycles. The van der Waals surface area contributed by atoms with Crippen LogP contribution in [0.15, 0.2) is 17.3 Å². The quantitative estimate of drug-likeness (QED) is 0.758. The molecule has 1 N–H and O–H groups in total. The van der Waals surface area contributed by atoms with Crippen LogP contribution >= 0.6 is 0 Å². The number of aromatic amines is 1. The van der Waals surface area contributed by atoms with Gasteiger partial charge in [0.25, 0.3) is 0 Å². The summed E-state index contributed by atoms with van der Waals surface area (Å²) in [5.41, 5.74) is 1.28. The van der Waals surface area contributed by atoms with E-state index in [0.717, 1.165) is 18.7 Å². The normalized spacial score (nSPS) is 22.8. The van der Waals surface area contributed by atoms with Crippen molar-refractivity contribution < 1.29 is 4.79 Å². The van der Waals surface area contributed by atoms with Crippen molar-refractivity contribution in [3.05, 3.63) is 17.8 Å². The van der Waals surface area contributed by atoms with Crippen molar-refractivity contribution in [2.45, 2.75) is 51.4 Å². The summed E-state index contributed by atoms with van der Waals surface area (Å²) in [5.74, 6) is 1.32. The Labute approximate surface area is 155 Å². The van der Waals surface area contributed by atoms with Gasteiger partial charge in [-0.3, -0.25) is 9.69 Å². The second kappa shape index (κ2) is 7.50. The molecule has 1 saturated heterocycles. The lowest BCUT2D eigenvalue weighted by molar-refractivity contribution is -0.129. The van der Waals surface area contributed by atoms with Gasteiger partial charge in [0.2, 0.25) is 5.91 Å². The van der Waals surface area contributed by atoms with Crippen LogP contribution in [-0.2, 0) is 11.2 Å². The molecule has 1 fully saturated rings. The molecule has 2 aliphatic heterocycles. The summed E-state index contributed by atoms with van der Waals surface area (Å²) in [6.45, 7) is 5.17. The van der Waals surface area contributed by atoms with Gasteiger partial charge >= 0.3 is 0 Å². The number of carbonyl (C=O) groups is 1. The van der Waals surface area contributed by atoms with Crippen LogP contribution in [0.4, 0.5) is 5.82 Å². The molecule has 0 aliphatic carbocycles. The number of nitrogens with one attached hydrogen (secondary N) is 1. The van der Waals surface area contributed by atoms with E-state index < -0.39 is 0 Å². The SMILES string of the molecule is CC(CCN(C)C(=O)CC#N)C(C)N(C)C1C2Cc3cc[nH]c3N=CN21. The Kier molecular flexibility index (Phi) is 5.33. The third-order valence-electron chi connectivity index (χ3n) is 5.96. The van der Waals surface area contributed by atoms with Crippen LogP contribution in [0.2, 0.25) is 0 Å². The number of nitrogens with zero attached hydrogens (tertiary/aromatic N) is 5. The summed E-state index contributed by atoms with van der Waals surface area (Å²) in [6, 6.07) is 4.91. The van der Waals surface area contributed by atoms with Gasteiger partial charge < -0.3 is 14.8 Å². The summed E-state index contributed by atoms with van der Waals surface area (Å²) in [5, 5.41) is 8.64. The highest BCUT2D eigenvalue weighted by atomic mass is 16.2. The van der Waals surface area contributed by atoms with Crippen LogP contribution in [0.25, 0.3) is 0 Å². The number of hydrogen-bond donors (Lipinski definition) is 1. The summed E-state index contributed by atoms with van der Waals surface area (Å²) in [7, 11) is 3.95. The molecule has 0 spiro atoms. The van der Waals surface area contributed by atoms with E-state index in [2.05, 4.69) is 46.7 Å². The van der Waals surface area contributed by atoms with Gasteiger partial charge in [0.1, 0.15) is 18.4 Å². The molecule has 0 radical (unpaired) electrons. The number of amides is 1. The average Bonchev–Trinajstić information content (AvgIpc) is 3.19. The number of likely N-dealkylation sites (N-methyl/N-ethyl adjacent to an activating group) is 1. The summed E-state index contributed by atoms with van der Waals surface area (Å²) in [4.78, 5) is 25.9. The molecule has 4 atom stereocenters. The molecule has 4 unspecified atom stereocenters. The maximum atomic E-state index is 11.7. The number of carbonyl (C=O) groups excluding carboxylic acids is 1. The first-order chi connectivity index (χ1) is 12.4. The number of hydrogen-bond acceptors (Lipinski definition) is 5. The van der Waals surface area contributed by atoms with Crippen LogP contribution in [0, 0.1) is 17.2 Å². The third-order valence-corrected chi connectivity index (χ3v) is 5.96. The first-order valence-corrected chi connectivity index (χ1v) is 9.24. The first kappa shape index (κ1) is 18.5. The zero-order chi connectivity index (χ0) is 18.8. The van der Waals surface area contributed by atoms with Crippen molar-refractivity contribution in [3.8, 4) is 6.07 Å². The molecule has 3 heterocycles. The maximum Gasteiger partial charge on any atom is 0.236 e. The number of aliphatic imine (C=N–C) groups is 1. The highest BCUT2D eigenvalue weighted by molar-refractivity contribution is 5.77. The molecule has 3 rings (SSSR count). The van der Waals surface area contributed by atoms with E-state index in [4.69, 9.17) is 5.26 Å². The average molecular weight is 356 g/mol. The van der Waals surface area contributed by atoms with E-state index in [1.165, 1.54) is 5.56 Å². The summed E-state index contributed by atoms with van der Waals surface area (Å²) in [6.07, 6.45) is 6.19. The van der Waals surface area contributed by atoms with E-state index in [0.29, 0.717) is 30.7 Å². The lowest BCUT2D eigenvalue weighted by Crippen LogP contribution is -2.40. The number of H-pyrrole nitrogens is 1. The van der Waals surface area contributed by atoms with Gasteiger partial charge in [-0.25, -0.2) is 4.99 Å². The molecule has 2 aliphatic rings. The smallest absolute Gasteiger partial charge is 0.236 e. The van der Waals surface area contributed by atoms with Crippen LogP contribution in [0.1, 0.15) is 32.3 Å². The molecule has 1 aromatic rings. The molecule has 26 heavy (non-hydrogen) atoms. The number of fused-ring (bicyclic) bond motifs is 2. The minimum absolute atomic E-state index is 0.0421. The Morgan fingerprint density at radius 1 is 1.50 bits per heavy atom. The van der Waals surface area contributed by atoms with Crippen LogP contribution in [0.5, 0.6) is 0 Å². The molecular weight excluding hydrogens is 328 g/mol. The standard InChI is InChI=1S/C19H28N6O/c1-13(7-10-23(3)17(26)5-8-20)14(2)24(4)19-16-11-15-6-9-21-18(15)22-12-25(16)19/h6,9,12-14,16,19,21H,5,7,10-11H2,1-4H3. The predicted molar refractivity (Wildman–Crippen MR) is 101 cm³/mol. The zero-order valence-corrected chi connectivity index (χ0v) is 16.0. The molecule has 0 aromatic carbocycles. The van der Waals surface area contributed by atoms with Crippen molar-refractivity contribution in [1.82, 2.24) is 19.7 Å². The van der Waals surface area contributed by atoms with Gasteiger partial charge in [0.05, 0.1) is 18.4 Å². The maximum absolute atomic E-state index is 11.7. The zero-order valence-electron chi connectivity index (χ0n) is 16.0. The highest BCUT2D eigenvalue weighted by Gasteiger charge is 2.50. The fourth-order valence-electron chi connectivity index (χ4n) is 3.77. The molecule has 1 aromatic heterocycles. The van der Waals surface area contributed by atoms with Crippen LogP contribution in [-0.4, -0.2) is 70.8 Å². The van der Waals surface area contributed by atoms with Gasteiger partial charge in [-0.1, -0.05) is 6.92 Å². The lowest BCUT2D eigenvalue weighted by Gasteiger charge is -2.31. The van der Waals surface area contributed by atoms with E-state index in [1.807, 2.05) is 18.6 Å². The van der Waals surface area contributed by atoms with Crippen molar-refractivity contribution in [3.63, 3.8) is 0 Å². The van der Waals surface area contributed by atoms with Crippen molar-refractivity contribution in [2.24, 2.45) is 10.9 Å². The number of aromatic nitrogens is 1. The van der Waals surface area contributed by atoms with Gasteiger partial charge in [-0.05, 0) is 44.4 Å². The Balaban J connectivity index is 1.52. The minimum Gasteiger partial charge on any atom is -0.346 e. The van der Waals surface area contributed by atoms with Gasteiger partial charge in [-0.2, -0.15) is 5.26 Å². The van der Waals surface area contributed by atoms with Gasteiger partial charge in [0, 0.05) is 25.8 Å². The Morgan fingerprint density at radius 3 is 3.00 bits per heavy atom. The number of nitriles is 1. The molecule has 1 amide bonds. The van der Waals surface area contributed by atoms with Gasteiger partial charge in [-0.15, -0.1) is 0 Å². The van der Waals surface area contributed by atoms with Crippen LogP contribution < -0.4 is 0 Å². The first-order valence-electron chi connectivity index (χ1n) is 9.24. The second-order valence-corrected chi connectivity index (χ2v) is 7.55. The predicted octanol–water partition coefficient (Wildman–Crippen LogP) is 1.96. The fraction of sp³-hybridized carbons (Fsp3) is 0.632. The second-order valence-electron chi connectivity index (χ2n) is 7.55. The summed E-state index contributed by atoms with van der Waals surface area (Å²) >= 11 is 0. The largest absolute Gasteiger partial charge is 0.346 e. The monoisotopic (exact) mass is 356 g/mol. The third kappa shape index (κ3) is 3.61. The molecule has 7 nitrogen and oxygen atoms in total. The summed E-state index contributed by atoms with van der Waals surface area (Å²) < 4.78 is 0. The Bertz CT molecular complexity index is 720. The molecule has 7 heteroatoms.